The maximum Gasteiger partial charge on any atom is 0.352 e. The van der Waals surface area contributed by atoms with Gasteiger partial charge in [-0.25, -0.2) is 0 Å². The van der Waals surface area contributed by atoms with Gasteiger partial charge in [-0.2, -0.15) is 0 Å². The fraction of sp³-hybridized carbons (Fsp3) is 0.458. The maximum absolute atomic E-state index is 10.9. The van der Waals surface area contributed by atoms with Gasteiger partial charge in [0.15, 0.2) is 0 Å². The summed E-state index contributed by atoms with van der Waals surface area (Å²) < 4.78 is 6.67. The minimum Gasteiger partial charge on any atom is -0.379 e. The Morgan fingerprint density at radius 2 is 2.00 bits per heavy atom. The SMILES string of the molecule is CCC1CCc2c(sc3cc(-c4ccc(CN5CCOCC5)s4)ccc3c2=[OH+])C1. The summed E-state index contributed by atoms with van der Waals surface area (Å²) in [5, 5.41) is 1.01. The number of hydrogen-bond acceptors (Lipinski definition) is 4. The molecule has 2 aromatic heterocycles. The Morgan fingerprint density at radius 1 is 1.14 bits per heavy atom. The number of rotatable bonds is 4. The molecule has 1 N–H and O–H groups in total. The molecule has 0 amide bonds. The van der Waals surface area contributed by atoms with E-state index >= 15 is 0 Å². The van der Waals surface area contributed by atoms with Crippen molar-refractivity contribution in [3.8, 4) is 10.4 Å². The summed E-state index contributed by atoms with van der Waals surface area (Å²) in [7, 11) is 0. The van der Waals surface area contributed by atoms with Gasteiger partial charge in [0, 0.05) is 39.0 Å². The van der Waals surface area contributed by atoms with Gasteiger partial charge in [-0.1, -0.05) is 19.4 Å². The van der Waals surface area contributed by atoms with E-state index in [9.17, 15) is 4.79 Å². The van der Waals surface area contributed by atoms with E-state index in [1.807, 2.05) is 22.7 Å². The van der Waals surface area contributed by atoms with Crippen molar-refractivity contribution >= 4 is 32.8 Å². The second kappa shape index (κ2) is 8.31. The van der Waals surface area contributed by atoms with Crippen LogP contribution in [-0.2, 0) is 24.1 Å². The molecule has 3 nitrogen and oxygen atoms in total. The Morgan fingerprint density at radius 3 is 2.83 bits per heavy atom. The highest BCUT2D eigenvalue weighted by molar-refractivity contribution is 7.18. The average molecular weight is 427 g/mol. The molecule has 29 heavy (non-hydrogen) atoms. The summed E-state index contributed by atoms with van der Waals surface area (Å²) >= 11 is 3.77. The highest BCUT2D eigenvalue weighted by Gasteiger charge is 2.24. The zero-order valence-electron chi connectivity index (χ0n) is 16.9. The lowest BCUT2D eigenvalue weighted by Gasteiger charge is -2.25. The highest BCUT2D eigenvalue weighted by Crippen LogP contribution is 2.35. The highest BCUT2D eigenvalue weighted by atomic mass is 32.1. The van der Waals surface area contributed by atoms with Crippen molar-refractivity contribution in [3.05, 3.63) is 51.1 Å². The van der Waals surface area contributed by atoms with Crippen LogP contribution < -0.4 is 5.43 Å². The zero-order chi connectivity index (χ0) is 19.8. The molecule has 2 aliphatic rings. The van der Waals surface area contributed by atoms with Crippen LogP contribution in [0.15, 0.2) is 30.3 Å². The van der Waals surface area contributed by atoms with Gasteiger partial charge in [-0.15, -0.1) is 22.7 Å². The normalized spacial score (nSPS) is 20.1. The van der Waals surface area contributed by atoms with Crippen LogP contribution >= 0.6 is 22.7 Å². The second-order valence-electron chi connectivity index (χ2n) is 8.23. The summed E-state index contributed by atoms with van der Waals surface area (Å²) in [6.07, 6.45) is 4.57. The molecule has 1 aliphatic heterocycles. The molecule has 1 aliphatic carbocycles. The first-order chi connectivity index (χ1) is 14.2. The predicted molar refractivity (Wildman–Crippen MR) is 122 cm³/mol. The zero-order valence-corrected chi connectivity index (χ0v) is 18.6. The number of hydrogen-bond donors (Lipinski definition) is 0. The number of fused-ring (bicyclic) bond motifs is 2. The molecule has 0 spiro atoms. The summed E-state index contributed by atoms with van der Waals surface area (Å²) in [6, 6.07) is 11.1. The molecule has 1 aromatic carbocycles. The molecule has 3 aromatic rings. The van der Waals surface area contributed by atoms with E-state index in [0.717, 1.165) is 57.0 Å². The van der Waals surface area contributed by atoms with Gasteiger partial charge >= 0.3 is 5.43 Å². The van der Waals surface area contributed by atoms with E-state index in [-0.39, 0.29) is 0 Å². The van der Waals surface area contributed by atoms with Gasteiger partial charge in [-0.3, -0.25) is 9.69 Å². The van der Waals surface area contributed by atoms with Crippen molar-refractivity contribution in [3.63, 3.8) is 0 Å². The molecule has 0 bridgehead atoms. The topological polar surface area (TPSA) is 33.9 Å². The van der Waals surface area contributed by atoms with Crippen LogP contribution in [0.5, 0.6) is 0 Å². The van der Waals surface area contributed by atoms with Crippen LogP contribution in [0.1, 0.15) is 35.1 Å². The van der Waals surface area contributed by atoms with Crippen LogP contribution in [0.4, 0.5) is 0 Å². The summed E-state index contributed by atoms with van der Waals surface area (Å²) in [4.78, 5) is 17.5. The largest absolute Gasteiger partial charge is 0.379 e. The molecule has 1 atom stereocenters. The second-order valence-corrected chi connectivity index (χ2v) is 10.5. The lowest BCUT2D eigenvalue weighted by Crippen LogP contribution is -2.35. The predicted octanol–water partition coefficient (Wildman–Crippen LogP) is 4.98. The van der Waals surface area contributed by atoms with Crippen LogP contribution in [0.25, 0.3) is 20.5 Å². The molecule has 5 rings (SSSR count). The number of nitrogens with zero attached hydrogens (tertiary/aromatic N) is 1. The summed E-state index contributed by atoms with van der Waals surface area (Å²) in [6.45, 7) is 7.03. The molecule has 152 valence electrons. The van der Waals surface area contributed by atoms with Gasteiger partial charge in [0.25, 0.3) is 0 Å². The number of ether oxygens (including phenoxy) is 1. The minimum absolute atomic E-state index is 0.522. The van der Waals surface area contributed by atoms with Crippen molar-refractivity contribution in [2.45, 2.75) is 39.2 Å². The maximum atomic E-state index is 10.9. The Balaban J connectivity index is 1.45. The van der Waals surface area contributed by atoms with Crippen molar-refractivity contribution in [2.24, 2.45) is 5.92 Å². The lowest BCUT2D eigenvalue weighted by molar-refractivity contribution is 0.0346. The van der Waals surface area contributed by atoms with Crippen LogP contribution in [0, 0.1) is 5.92 Å². The first kappa shape index (κ1) is 19.4. The van der Waals surface area contributed by atoms with Gasteiger partial charge < -0.3 is 4.74 Å². The molecule has 5 heteroatoms. The molecule has 3 heterocycles. The van der Waals surface area contributed by atoms with Gasteiger partial charge in [0.2, 0.25) is 0 Å². The average Bonchev–Trinajstić information content (AvgIpc) is 3.22. The first-order valence-electron chi connectivity index (χ1n) is 10.7. The van der Waals surface area contributed by atoms with E-state index in [1.165, 1.54) is 43.3 Å². The van der Waals surface area contributed by atoms with Gasteiger partial charge in [-0.05, 0) is 55.0 Å². The first-order valence-corrected chi connectivity index (χ1v) is 12.3. The van der Waals surface area contributed by atoms with Crippen LogP contribution in [-0.4, -0.2) is 36.0 Å². The monoisotopic (exact) mass is 426 g/mol. The fourth-order valence-corrected chi connectivity index (χ4v) is 6.94. The van der Waals surface area contributed by atoms with Crippen molar-refractivity contribution in [1.29, 1.82) is 0 Å². The number of morpholine rings is 1. The van der Waals surface area contributed by atoms with E-state index in [0.29, 0.717) is 5.43 Å². The quantitative estimate of drug-likeness (QED) is 0.551. The van der Waals surface area contributed by atoms with Crippen molar-refractivity contribution in [2.75, 3.05) is 26.3 Å². The molecular weight excluding hydrogens is 398 g/mol. The van der Waals surface area contributed by atoms with E-state index in [4.69, 9.17) is 4.74 Å². The molecule has 1 unspecified atom stereocenters. The summed E-state index contributed by atoms with van der Waals surface area (Å²) in [5.41, 5.74) is 2.98. The van der Waals surface area contributed by atoms with E-state index < -0.39 is 0 Å². The Hall–Kier alpha value is -1.53. The van der Waals surface area contributed by atoms with Gasteiger partial charge in [0.1, 0.15) is 0 Å². The smallest absolute Gasteiger partial charge is 0.352 e. The van der Waals surface area contributed by atoms with Crippen LogP contribution in [0.3, 0.4) is 0 Å². The molecule has 1 saturated heterocycles. The lowest BCUT2D eigenvalue weighted by atomic mass is 9.86. The number of thiophene rings is 1. The molecule has 0 radical (unpaired) electrons. The van der Waals surface area contributed by atoms with E-state index in [1.54, 1.807) is 0 Å². The molecular formula is C24H28NO2S2+. The van der Waals surface area contributed by atoms with E-state index in [2.05, 4.69) is 42.2 Å². The van der Waals surface area contributed by atoms with Crippen LogP contribution in [0.2, 0.25) is 0 Å². The Kier molecular flexibility index (Phi) is 5.57. The standard InChI is InChI=1S/C24H27NO2S2/c1-2-16-3-6-19-22(13-16)29-23-14-17(4-7-20(23)24(19)26)21-8-5-18(28-21)15-25-9-11-27-12-10-25/h4-5,7-8,14,16H,2-3,6,9-13,15H2,1H3/p+1. The molecule has 1 fully saturated rings. The van der Waals surface area contributed by atoms with Crippen molar-refractivity contribution < 1.29 is 9.53 Å². The summed E-state index contributed by atoms with van der Waals surface area (Å²) in [5.74, 6) is 0.763. The van der Waals surface area contributed by atoms with Gasteiger partial charge in [0.05, 0.1) is 24.2 Å². The third-order valence-electron chi connectivity index (χ3n) is 6.38. The Labute approximate surface area is 179 Å². The number of benzene rings is 1. The molecule has 0 saturated carbocycles. The third-order valence-corrected chi connectivity index (χ3v) is 8.71. The fourth-order valence-electron chi connectivity index (χ4n) is 4.53. The third kappa shape index (κ3) is 3.93. The minimum atomic E-state index is 0.522. The van der Waals surface area contributed by atoms with Crippen molar-refractivity contribution in [1.82, 2.24) is 4.90 Å². The Bertz CT molecular complexity index is 1080.